The average Bonchev–Trinajstić information content (AvgIpc) is 2.24. The highest BCUT2D eigenvalue weighted by molar-refractivity contribution is 5.29. The summed E-state index contributed by atoms with van der Waals surface area (Å²) >= 11 is 0. The highest BCUT2D eigenvalue weighted by Crippen LogP contribution is 2.22. The summed E-state index contributed by atoms with van der Waals surface area (Å²) in [5.41, 5.74) is 0.529. The van der Waals surface area contributed by atoms with Crippen LogP contribution in [0, 0.1) is 17.6 Å². The van der Waals surface area contributed by atoms with Gasteiger partial charge >= 0.3 is 0 Å². The van der Waals surface area contributed by atoms with Gasteiger partial charge in [0.15, 0.2) is 17.4 Å². The van der Waals surface area contributed by atoms with Gasteiger partial charge in [-0.1, -0.05) is 13.8 Å². The molecule has 0 aliphatic heterocycles. The minimum Gasteiger partial charge on any atom is -0.503 e. The first-order chi connectivity index (χ1) is 8.31. The van der Waals surface area contributed by atoms with E-state index in [2.05, 4.69) is 20.8 Å². The van der Waals surface area contributed by atoms with E-state index in [1.165, 1.54) is 12.1 Å². The number of benzene rings is 1. The molecule has 18 heavy (non-hydrogen) atoms. The Morgan fingerprint density at radius 2 is 1.67 bits per heavy atom. The Morgan fingerprint density at radius 3 is 2.11 bits per heavy atom. The molecule has 1 aromatic carbocycles. The number of hydrogen-bond donors (Lipinski definition) is 1. The van der Waals surface area contributed by atoms with E-state index in [-0.39, 0.29) is 0 Å². The Labute approximate surface area is 107 Å². The van der Waals surface area contributed by atoms with E-state index >= 15 is 0 Å². The van der Waals surface area contributed by atoms with Crippen molar-refractivity contribution >= 4 is 0 Å². The van der Waals surface area contributed by atoms with Crippen molar-refractivity contribution in [3.05, 3.63) is 29.3 Å². The smallest absolute Gasteiger partial charge is 0.187 e. The fraction of sp³-hybridized carbons (Fsp3) is 0.571. The van der Waals surface area contributed by atoms with Crippen molar-refractivity contribution in [3.63, 3.8) is 0 Å². The molecule has 0 aliphatic carbocycles. The van der Waals surface area contributed by atoms with Crippen LogP contribution in [0.5, 0.6) is 5.75 Å². The van der Waals surface area contributed by atoms with Gasteiger partial charge in [0, 0.05) is 12.6 Å². The van der Waals surface area contributed by atoms with E-state index in [4.69, 9.17) is 5.11 Å². The van der Waals surface area contributed by atoms with E-state index in [9.17, 15) is 8.78 Å². The summed E-state index contributed by atoms with van der Waals surface area (Å²) < 4.78 is 26.4. The minimum absolute atomic E-state index is 0.338. The van der Waals surface area contributed by atoms with Crippen LogP contribution in [-0.4, -0.2) is 23.1 Å². The first-order valence-electron chi connectivity index (χ1n) is 6.18. The predicted octanol–water partition coefficient (Wildman–Crippen LogP) is 3.54. The van der Waals surface area contributed by atoms with Gasteiger partial charge in [-0.15, -0.1) is 0 Å². The van der Waals surface area contributed by atoms with Gasteiger partial charge in [0.1, 0.15) is 0 Å². The molecule has 2 nitrogen and oxygen atoms in total. The molecule has 0 saturated carbocycles. The van der Waals surface area contributed by atoms with Gasteiger partial charge in [0.25, 0.3) is 0 Å². The molecule has 4 heteroatoms. The Kier molecular flexibility index (Phi) is 5.08. The van der Waals surface area contributed by atoms with E-state index < -0.39 is 17.4 Å². The van der Waals surface area contributed by atoms with Crippen LogP contribution in [-0.2, 0) is 6.54 Å². The molecule has 0 fully saturated rings. The molecule has 1 N–H and O–H groups in total. The maximum absolute atomic E-state index is 13.2. The Balaban J connectivity index is 2.73. The van der Waals surface area contributed by atoms with Gasteiger partial charge < -0.3 is 5.11 Å². The molecule has 1 rings (SSSR count). The zero-order valence-electron chi connectivity index (χ0n) is 11.4. The van der Waals surface area contributed by atoms with E-state index in [0.29, 0.717) is 24.1 Å². The summed E-state index contributed by atoms with van der Waals surface area (Å²) in [6.45, 7) is 6.84. The minimum atomic E-state index is -0.907. The zero-order chi connectivity index (χ0) is 13.9. The third-order valence-electron chi connectivity index (χ3n) is 3.07. The summed E-state index contributed by atoms with van der Waals surface area (Å²) in [6, 6.07) is 2.69. The molecule has 102 valence electrons. The van der Waals surface area contributed by atoms with E-state index in [1.807, 2.05) is 11.9 Å². The summed E-state index contributed by atoms with van der Waals surface area (Å²) in [6.07, 6.45) is 1.03. The van der Waals surface area contributed by atoms with Crippen LogP contribution in [0.2, 0.25) is 0 Å². The number of rotatable bonds is 5. The molecule has 0 amide bonds. The molecule has 0 radical (unpaired) electrons. The first-order valence-corrected chi connectivity index (χ1v) is 6.18. The van der Waals surface area contributed by atoms with Gasteiger partial charge in [0.2, 0.25) is 0 Å². The molecule has 1 unspecified atom stereocenters. The van der Waals surface area contributed by atoms with Crippen LogP contribution >= 0.6 is 0 Å². The Bertz CT molecular complexity index is 384. The highest BCUT2D eigenvalue weighted by Gasteiger charge is 2.14. The number of nitrogens with zero attached hydrogens (tertiary/aromatic N) is 1. The molecule has 1 atom stereocenters. The van der Waals surface area contributed by atoms with Gasteiger partial charge in [-0.05, 0) is 44.0 Å². The predicted molar refractivity (Wildman–Crippen MR) is 68.4 cm³/mol. The monoisotopic (exact) mass is 257 g/mol. The van der Waals surface area contributed by atoms with Gasteiger partial charge in [0.05, 0.1) is 0 Å². The molecule has 1 aromatic rings. The molecule has 0 saturated heterocycles. The fourth-order valence-corrected chi connectivity index (χ4v) is 2.02. The number of phenolic OH excluding ortho intramolecular Hbond substituents is 1. The second kappa shape index (κ2) is 6.14. The molecule has 0 spiro atoms. The lowest BCUT2D eigenvalue weighted by atomic mass is 10.0. The number of halogens is 2. The average molecular weight is 257 g/mol. The topological polar surface area (TPSA) is 23.5 Å². The molecule has 0 aromatic heterocycles. The van der Waals surface area contributed by atoms with Gasteiger partial charge in [-0.3, -0.25) is 4.90 Å². The Hall–Kier alpha value is -1.16. The first kappa shape index (κ1) is 14.9. The lowest BCUT2D eigenvalue weighted by molar-refractivity contribution is 0.220. The second-order valence-corrected chi connectivity index (χ2v) is 5.30. The van der Waals surface area contributed by atoms with Gasteiger partial charge in [-0.2, -0.15) is 0 Å². The highest BCUT2D eigenvalue weighted by atomic mass is 19.1. The normalized spacial score (nSPS) is 13.3. The molecule has 0 heterocycles. The molecular formula is C14H21F2NO. The van der Waals surface area contributed by atoms with Crippen molar-refractivity contribution in [2.45, 2.75) is 39.8 Å². The van der Waals surface area contributed by atoms with Crippen molar-refractivity contribution in [1.29, 1.82) is 0 Å². The summed E-state index contributed by atoms with van der Waals surface area (Å²) in [5, 5.41) is 9.03. The third kappa shape index (κ3) is 3.95. The summed E-state index contributed by atoms with van der Waals surface area (Å²) in [5.74, 6) is -2.14. The SMILES string of the molecule is CC(C)CC(C)N(C)Cc1cc(F)c(O)c(F)c1. The van der Waals surface area contributed by atoms with Crippen LogP contribution in [0.4, 0.5) is 8.78 Å². The van der Waals surface area contributed by atoms with Gasteiger partial charge in [-0.25, -0.2) is 8.78 Å². The summed E-state index contributed by atoms with van der Waals surface area (Å²) in [7, 11) is 1.93. The second-order valence-electron chi connectivity index (χ2n) is 5.30. The maximum atomic E-state index is 13.2. The van der Waals surface area contributed by atoms with Crippen LogP contribution < -0.4 is 0 Å². The molecular weight excluding hydrogens is 236 g/mol. The van der Waals surface area contributed by atoms with Crippen LogP contribution in [0.25, 0.3) is 0 Å². The van der Waals surface area contributed by atoms with Crippen LogP contribution in [0.3, 0.4) is 0 Å². The maximum Gasteiger partial charge on any atom is 0.187 e. The quantitative estimate of drug-likeness (QED) is 0.872. The Morgan fingerprint density at radius 1 is 1.17 bits per heavy atom. The van der Waals surface area contributed by atoms with E-state index in [1.54, 1.807) is 0 Å². The van der Waals surface area contributed by atoms with Crippen LogP contribution in [0.15, 0.2) is 12.1 Å². The number of aromatic hydroxyl groups is 1. The van der Waals surface area contributed by atoms with Crippen molar-refractivity contribution in [1.82, 2.24) is 4.90 Å². The molecule has 0 aliphatic rings. The molecule has 0 bridgehead atoms. The largest absolute Gasteiger partial charge is 0.503 e. The zero-order valence-corrected chi connectivity index (χ0v) is 11.4. The van der Waals surface area contributed by atoms with Crippen molar-refractivity contribution in [2.75, 3.05) is 7.05 Å². The van der Waals surface area contributed by atoms with Crippen molar-refractivity contribution < 1.29 is 13.9 Å². The summed E-state index contributed by atoms with van der Waals surface area (Å²) in [4.78, 5) is 2.05. The van der Waals surface area contributed by atoms with Crippen molar-refractivity contribution in [2.24, 2.45) is 5.92 Å². The van der Waals surface area contributed by atoms with Crippen molar-refractivity contribution in [3.8, 4) is 5.75 Å². The lowest BCUT2D eigenvalue weighted by Crippen LogP contribution is -2.29. The fourth-order valence-electron chi connectivity index (χ4n) is 2.02. The standard InChI is InChI=1S/C14H21F2NO/c1-9(2)5-10(3)17(4)8-11-6-12(15)14(18)13(16)7-11/h6-7,9-10,18H,5,8H2,1-4H3. The third-order valence-corrected chi connectivity index (χ3v) is 3.07. The lowest BCUT2D eigenvalue weighted by Gasteiger charge is -2.26. The number of hydrogen-bond acceptors (Lipinski definition) is 2. The van der Waals surface area contributed by atoms with E-state index in [0.717, 1.165) is 6.42 Å². The number of phenols is 1. The van der Waals surface area contributed by atoms with Crippen LogP contribution in [0.1, 0.15) is 32.8 Å².